The third-order valence-corrected chi connectivity index (χ3v) is 2.51. The van der Waals surface area contributed by atoms with Gasteiger partial charge in [-0.25, -0.2) is 4.39 Å². The topological polar surface area (TPSA) is 72.5 Å². The van der Waals surface area contributed by atoms with E-state index in [2.05, 4.69) is 20.7 Å². The zero-order valence-corrected chi connectivity index (χ0v) is 10.1. The smallest absolute Gasteiger partial charge is 0.322 e. The Hall–Kier alpha value is -1.14. The monoisotopic (exact) mass is 291 g/mol. The molecule has 0 saturated carbocycles. The summed E-state index contributed by atoms with van der Waals surface area (Å²) in [5.41, 5.74) is 5.76. The maximum Gasteiger partial charge on any atom is 0.322 e. The molecule has 0 saturated heterocycles. The number of esters is 1. The highest BCUT2D eigenvalue weighted by atomic mass is 79.9. The van der Waals surface area contributed by atoms with Crippen molar-refractivity contribution in [1.82, 2.24) is 0 Å². The van der Waals surface area contributed by atoms with E-state index in [1.165, 1.54) is 13.2 Å². The fourth-order valence-corrected chi connectivity index (χ4v) is 1.72. The van der Waals surface area contributed by atoms with Gasteiger partial charge in [0.05, 0.1) is 7.11 Å². The van der Waals surface area contributed by atoms with Gasteiger partial charge in [-0.05, 0) is 12.1 Å². The summed E-state index contributed by atoms with van der Waals surface area (Å²) in [6.45, 7) is 0. The number of phenols is 1. The molecule has 1 unspecified atom stereocenters. The third kappa shape index (κ3) is 2.93. The second-order valence-electron chi connectivity index (χ2n) is 3.23. The molecule has 0 aromatic heterocycles. The SMILES string of the molecule is COC(=O)C(N)Cc1cc(Br)cc(F)c1O. The minimum absolute atomic E-state index is 0.00880. The molecular formula is C10H11BrFNO3. The molecule has 0 heterocycles. The van der Waals surface area contributed by atoms with Crippen LogP contribution in [0.1, 0.15) is 5.56 Å². The zero-order valence-electron chi connectivity index (χ0n) is 8.54. The number of carbonyl (C=O) groups excluding carboxylic acids is 1. The Kier molecular flexibility index (Phi) is 4.26. The number of rotatable bonds is 3. The highest BCUT2D eigenvalue weighted by molar-refractivity contribution is 9.10. The summed E-state index contributed by atoms with van der Waals surface area (Å²) in [4.78, 5) is 11.1. The molecule has 0 spiro atoms. The molecule has 6 heteroatoms. The first-order valence-corrected chi connectivity index (χ1v) is 5.25. The quantitative estimate of drug-likeness (QED) is 0.825. The Morgan fingerprint density at radius 2 is 2.31 bits per heavy atom. The lowest BCUT2D eigenvalue weighted by atomic mass is 10.1. The second-order valence-corrected chi connectivity index (χ2v) is 4.14. The van der Waals surface area contributed by atoms with E-state index in [0.29, 0.717) is 4.47 Å². The average Bonchev–Trinajstić information content (AvgIpc) is 2.23. The van der Waals surface area contributed by atoms with E-state index in [4.69, 9.17) is 5.73 Å². The number of methoxy groups -OCH3 is 1. The third-order valence-electron chi connectivity index (χ3n) is 2.05. The highest BCUT2D eigenvalue weighted by Gasteiger charge is 2.18. The number of hydrogen-bond acceptors (Lipinski definition) is 4. The van der Waals surface area contributed by atoms with E-state index in [1.54, 1.807) is 0 Å². The van der Waals surface area contributed by atoms with Crippen molar-refractivity contribution in [2.45, 2.75) is 12.5 Å². The van der Waals surface area contributed by atoms with Gasteiger partial charge in [0, 0.05) is 16.5 Å². The van der Waals surface area contributed by atoms with Crippen LogP contribution in [-0.2, 0) is 16.0 Å². The van der Waals surface area contributed by atoms with Crippen LogP contribution in [0.2, 0.25) is 0 Å². The molecule has 16 heavy (non-hydrogen) atoms. The van der Waals surface area contributed by atoms with Gasteiger partial charge >= 0.3 is 5.97 Å². The van der Waals surface area contributed by atoms with Crippen LogP contribution in [0.3, 0.4) is 0 Å². The van der Waals surface area contributed by atoms with Crippen molar-refractivity contribution in [2.24, 2.45) is 5.73 Å². The first kappa shape index (κ1) is 12.9. The van der Waals surface area contributed by atoms with Crippen LogP contribution in [0, 0.1) is 5.82 Å². The van der Waals surface area contributed by atoms with Gasteiger partial charge in [-0.2, -0.15) is 0 Å². The highest BCUT2D eigenvalue weighted by Crippen LogP contribution is 2.26. The van der Waals surface area contributed by atoms with Crippen LogP contribution in [0.5, 0.6) is 5.75 Å². The summed E-state index contributed by atoms with van der Waals surface area (Å²) in [5, 5.41) is 9.42. The molecule has 3 N–H and O–H groups in total. The van der Waals surface area contributed by atoms with Crippen molar-refractivity contribution < 1.29 is 19.0 Å². The lowest BCUT2D eigenvalue weighted by Gasteiger charge is -2.11. The van der Waals surface area contributed by atoms with Gasteiger partial charge in [0.25, 0.3) is 0 Å². The molecule has 0 aliphatic rings. The van der Waals surface area contributed by atoms with Gasteiger partial charge in [0.1, 0.15) is 6.04 Å². The summed E-state index contributed by atoms with van der Waals surface area (Å²) >= 11 is 3.08. The molecule has 0 aliphatic heterocycles. The first-order chi connectivity index (χ1) is 7.45. The summed E-state index contributed by atoms with van der Waals surface area (Å²) in [5.74, 6) is -1.87. The molecule has 88 valence electrons. The molecule has 0 amide bonds. The minimum Gasteiger partial charge on any atom is -0.505 e. The van der Waals surface area contributed by atoms with Crippen molar-refractivity contribution in [1.29, 1.82) is 0 Å². The number of benzene rings is 1. The van der Waals surface area contributed by atoms with Crippen LogP contribution < -0.4 is 5.73 Å². The molecule has 0 radical (unpaired) electrons. The van der Waals surface area contributed by atoms with E-state index in [1.807, 2.05) is 0 Å². The van der Waals surface area contributed by atoms with E-state index >= 15 is 0 Å². The fourth-order valence-electron chi connectivity index (χ4n) is 1.25. The summed E-state index contributed by atoms with van der Waals surface area (Å²) in [7, 11) is 1.21. The van der Waals surface area contributed by atoms with Crippen LogP contribution in [0.15, 0.2) is 16.6 Å². The Balaban J connectivity index is 2.93. The number of nitrogens with two attached hydrogens (primary N) is 1. The number of hydrogen-bond donors (Lipinski definition) is 2. The lowest BCUT2D eigenvalue weighted by molar-refractivity contribution is -0.142. The molecule has 0 aliphatic carbocycles. The number of phenolic OH excluding ortho intramolecular Hbond substituents is 1. The molecule has 1 aromatic carbocycles. The van der Waals surface area contributed by atoms with Crippen LogP contribution in [0.4, 0.5) is 4.39 Å². The number of ether oxygens (including phenoxy) is 1. The lowest BCUT2D eigenvalue weighted by Crippen LogP contribution is -2.33. The van der Waals surface area contributed by atoms with Gasteiger partial charge in [-0.1, -0.05) is 15.9 Å². The summed E-state index contributed by atoms with van der Waals surface area (Å²) in [6.07, 6.45) is 0.00880. The van der Waals surface area contributed by atoms with Crippen LogP contribution in [-0.4, -0.2) is 24.2 Å². The molecule has 1 rings (SSSR count). The predicted octanol–water partition coefficient (Wildman–Crippen LogP) is 1.34. The fraction of sp³-hybridized carbons (Fsp3) is 0.300. The van der Waals surface area contributed by atoms with E-state index < -0.39 is 23.6 Å². The number of halogens is 2. The molecule has 4 nitrogen and oxygen atoms in total. The van der Waals surface area contributed by atoms with E-state index in [0.717, 1.165) is 6.07 Å². The van der Waals surface area contributed by atoms with E-state index in [9.17, 15) is 14.3 Å². The maximum atomic E-state index is 13.1. The van der Waals surface area contributed by atoms with Crippen molar-refractivity contribution >= 4 is 21.9 Å². The van der Waals surface area contributed by atoms with Crippen LogP contribution in [0.25, 0.3) is 0 Å². The van der Waals surface area contributed by atoms with Crippen LogP contribution >= 0.6 is 15.9 Å². The molecule has 1 aromatic rings. The van der Waals surface area contributed by atoms with Gasteiger partial charge in [0.15, 0.2) is 11.6 Å². The normalized spacial score (nSPS) is 12.2. The standard InChI is InChI=1S/C10H11BrFNO3/c1-16-10(15)8(13)3-5-2-6(11)4-7(12)9(5)14/h2,4,8,14H,3,13H2,1H3. The van der Waals surface area contributed by atoms with E-state index in [-0.39, 0.29) is 12.0 Å². The Morgan fingerprint density at radius 3 is 2.88 bits per heavy atom. The molecule has 1 atom stereocenters. The Morgan fingerprint density at radius 1 is 1.69 bits per heavy atom. The van der Waals surface area contributed by atoms with Crippen molar-refractivity contribution in [2.75, 3.05) is 7.11 Å². The first-order valence-electron chi connectivity index (χ1n) is 4.46. The van der Waals surface area contributed by atoms with Gasteiger partial charge in [0.2, 0.25) is 0 Å². The maximum absolute atomic E-state index is 13.1. The molecular weight excluding hydrogens is 281 g/mol. The Labute approximate surface area is 100 Å². The number of carbonyl (C=O) groups is 1. The predicted molar refractivity (Wildman–Crippen MR) is 59.5 cm³/mol. The minimum atomic E-state index is -0.926. The summed E-state index contributed by atoms with van der Waals surface area (Å²) in [6, 6.07) is 1.70. The van der Waals surface area contributed by atoms with Crippen molar-refractivity contribution in [3.63, 3.8) is 0 Å². The average molecular weight is 292 g/mol. The zero-order chi connectivity index (χ0) is 12.3. The number of aromatic hydroxyl groups is 1. The van der Waals surface area contributed by atoms with Crippen molar-refractivity contribution in [3.05, 3.63) is 28.0 Å². The largest absolute Gasteiger partial charge is 0.505 e. The summed E-state index contributed by atoms with van der Waals surface area (Å²) < 4.78 is 18.0. The van der Waals surface area contributed by atoms with Gasteiger partial charge < -0.3 is 15.6 Å². The van der Waals surface area contributed by atoms with Crippen molar-refractivity contribution in [3.8, 4) is 5.75 Å². The van der Waals surface area contributed by atoms with Gasteiger partial charge in [-0.3, -0.25) is 4.79 Å². The molecule has 0 fully saturated rings. The van der Waals surface area contributed by atoms with Gasteiger partial charge in [-0.15, -0.1) is 0 Å². The Bertz CT molecular complexity index is 411. The molecule has 0 bridgehead atoms. The second kappa shape index (κ2) is 5.27.